The number of quaternary nitrogens is 1. The van der Waals surface area contributed by atoms with Gasteiger partial charge in [0.25, 0.3) is 0 Å². The third kappa shape index (κ3) is 3.57. The van der Waals surface area contributed by atoms with Gasteiger partial charge in [-0.3, -0.25) is 0 Å². The van der Waals surface area contributed by atoms with E-state index in [0.717, 1.165) is 12.6 Å². The van der Waals surface area contributed by atoms with Crippen LogP contribution in [-0.4, -0.2) is 32.4 Å². The standard InChI is InChI=1S/C21H26N2S2/c1-22-13-6-5-7-16(22)12-14-23-18-8-3-4-9-20(18)25-21-11-10-17(24-2)15-19(21)23/h3-4,8-11,15-16H,5-7,12-14H2,1-2H3/p+1/t16-/m0/s1. The van der Waals surface area contributed by atoms with Crippen LogP contribution in [0.15, 0.2) is 57.2 Å². The minimum Gasteiger partial charge on any atom is -0.339 e. The Bertz CT molecular complexity index is 746. The molecule has 1 saturated heterocycles. The van der Waals surface area contributed by atoms with Crippen LogP contribution in [0.1, 0.15) is 25.7 Å². The number of nitrogens with one attached hydrogen (secondary N) is 1. The van der Waals surface area contributed by atoms with E-state index in [-0.39, 0.29) is 0 Å². The molecule has 1 N–H and O–H groups in total. The lowest BCUT2D eigenvalue weighted by Crippen LogP contribution is -3.13. The third-order valence-corrected chi connectivity index (χ3v) is 7.46. The van der Waals surface area contributed by atoms with Crippen LogP contribution in [0, 0.1) is 0 Å². The highest BCUT2D eigenvalue weighted by molar-refractivity contribution is 8.00. The number of hydrogen-bond acceptors (Lipinski definition) is 3. The summed E-state index contributed by atoms with van der Waals surface area (Å²) < 4.78 is 0. The molecule has 2 heterocycles. The van der Waals surface area contributed by atoms with Crippen LogP contribution in [-0.2, 0) is 0 Å². The van der Waals surface area contributed by atoms with Gasteiger partial charge in [-0.1, -0.05) is 23.9 Å². The number of piperidine rings is 1. The van der Waals surface area contributed by atoms with E-state index in [9.17, 15) is 0 Å². The minimum atomic E-state index is 0.808. The highest BCUT2D eigenvalue weighted by Crippen LogP contribution is 2.48. The summed E-state index contributed by atoms with van der Waals surface area (Å²) in [6.07, 6.45) is 7.62. The monoisotopic (exact) mass is 371 g/mol. The van der Waals surface area contributed by atoms with Crippen LogP contribution in [0.2, 0.25) is 0 Å². The molecule has 25 heavy (non-hydrogen) atoms. The fourth-order valence-corrected chi connectivity index (χ4v) is 5.61. The minimum absolute atomic E-state index is 0.808. The van der Waals surface area contributed by atoms with Crippen molar-refractivity contribution >= 4 is 34.9 Å². The number of benzene rings is 2. The van der Waals surface area contributed by atoms with Crippen LogP contribution in [0.25, 0.3) is 0 Å². The maximum Gasteiger partial charge on any atom is 0.0889 e. The van der Waals surface area contributed by atoms with Crippen LogP contribution >= 0.6 is 23.5 Å². The van der Waals surface area contributed by atoms with Gasteiger partial charge in [0.2, 0.25) is 0 Å². The zero-order valence-corrected chi connectivity index (χ0v) is 16.8. The van der Waals surface area contributed by atoms with E-state index in [2.05, 4.69) is 60.7 Å². The van der Waals surface area contributed by atoms with Crippen LogP contribution < -0.4 is 9.80 Å². The molecule has 2 aliphatic heterocycles. The Labute approximate surface area is 160 Å². The fraction of sp³-hybridized carbons (Fsp3) is 0.429. The molecule has 0 spiro atoms. The lowest BCUT2D eigenvalue weighted by atomic mass is 9.99. The molecule has 2 atom stereocenters. The molecular formula is C21H27N2S2+. The van der Waals surface area contributed by atoms with E-state index in [1.807, 2.05) is 23.5 Å². The SMILES string of the molecule is CSc1ccc2c(c1)N(CC[C@@H]1CCCC[NH+]1C)c1ccccc1S2. The van der Waals surface area contributed by atoms with Gasteiger partial charge in [0.1, 0.15) is 0 Å². The van der Waals surface area contributed by atoms with Crippen molar-refractivity contribution in [3.63, 3.8) is 0 Å². The van der Waals surface area contributed by atoms with E-state index in [1.54, 1.807) is 4.90 Å². The zero-order valence-electron chi connectivity index (χ0n) is 15.1. The van der Waals surface area contributed by atoms with Gasteiger partial charge in [-0.25, -0.2) is 0 Å². The number of rotatable bonds is 4. The predicted octanol–water partition coefficient (Wildman–Crippen LogP) is 4.47. The molecule has 2 aromatic rings. The Morgan fingerprint density at radius 3 is 2.80 bits per heavy atom. The first-order chi connectivity index (χ1) is 12.3. The topological polar surface area (TPSA) is 7.68 Å². The number of fused-ring (bicyclic) bond motifs is 2. The van der Waals surface area contributed by atoms with Crippen molar-refractivity contribution < 1.29 is 4.90 Å². The van der Waals surface area contributed by atoms with Crippen LogP contribution in [0.3, 0.4) is 0 Å². The van der Waals surface area contributed by atoms with Crippen LogP contribution in [0.4, 0.5) is 11.4 Å². The smallest absolute Gasteiger partial charge is 0.0889 e. The zero-order chi connectivity index (χ0) is 17.2. The summed E-state index contributed by atoms with van der Waals surface area (Å²) in [6.45, 7) is 2.45. The summed E-state index contributed by atoms with van der Waals surface area (Å²) in [6, 6.07) is 16.6. The van der Waals surface area contributed by atoms with Crippen LogP contribution in [0.5, 0.6) is 0 Å². The van der Waals surface area contributed by atoms with Crippen molar-refractivity contribution in [3.05, 3.63) is 42.5 Å². The Morgan fingerprint density at radius 2 is 1.96 bits per heavy atom. The summed E-state index contributed by atoms with van der Waals surface area (Å²) in [5, 5.41) is 0. The van der Waals surface area contributed by atoms with Gasteiger partial charge in [-0.05, 0) is 55.9 Å². The molecule has 0 bridgehead atoms. The van der Waals surface area contributed by atoms with Gasteiger partial charge >= 0.3 is 0 Å². The van der Waals surface area contributed by atoms with Crippen molar-refractivity contribution in [3.8, 4) is 0 Å². The van der Waals surface area contributed by atoms with E-state index >= 15 is 0 Å². The van der Waals surface area contributed by atoms with Gasteiger partial charge in [0.15, 0.2) is 0 Å². The first-order valence-corrected chi connectivity index (χ1v) is 11.3. The normalized spacial score (nSPS) is 22.4. The first-order valence-electron chi connectivity index (χ1n) is 9.31. The van der Waals surface area contributed by atoms with Crippen molar-refractivity contribution in [1.29, 1.82) is 0 Å². The fourth-order valence-electron chi connectivity index (χ4n) is 4.10. The average molecular weight is 372 g/mol. The van der Waals surface area contributed by atoms with E-state index in [4.69, 9.17) is 0 Å². The lowest BCUT2D eigenvalue weighted by molar-refractivity contribution is -0.911. The molecule has 4 heteroatoms. The number of nitrogens with zero attached hydrogens (tertiary/aromatic N) is 1. The van der Waals surface area contributed by atoms with Crippen molar-refractivity contribution in [2.75, 3.05) is 31.3 Å². The number of likely N-dealkylation sites (tertiary alicyclic amines) is 1. The van der Waals surface area contributed by atoms with Crippen molar-refractivity contribution in [1.82, 2.24) is 0 Å². The summed E-state index contributed by atoms with van der Waals surface area (Å²) in [5.41, 5.74) is 2.77. The molecule has 1 fully saturated rings. The molecule has 0 amide bonds. The first kappa shape index (κ1) is 17.3. The second-order valence-electron chi connectivity index (χ2n) is 7.13. The van der Waals surface area contributed by atoms with Gasteiger partial charge < -0.3 is 9.80 Å². The third-order valence-electron chi connectivity index (χ3n) is 5.60. The molecule has 0 saturated carbocycles. The van der Waals surface area contributed by atoms with Gasteiger partial charge in [0, 0.05) is 27.7 Å². The summed E-state index contributed by atoms with van der Waals surface area (Å²) in [4.78, 5) is 8.42. The molecule has 2 aromatic carbocycles. The Kier molecular flexibility index (Phi) is 5.30. The highest BCUT2D eigenvalue weighted by atomic mass is 32.2. The molecule has 0 radical (unpaired) electrons. The van der Waals surface area contributed by atoms with E-state index < -0.39 is 0 Å². The largest absolute Gasteiger partial charge is 0.339 e. The molecule has 0 aliphatic carbocycles. The number of para-hydroxylation sites is 1. The molecule has 2 nitrogen and oxygen atoms in total. The molecule has 1 unspecified atom stereocenters. The van der Waals surface area contributed by atoms with Crippen molar-refractivity contribution in [2.45, 2.75) is 46.4 Å². The average Bonchev–Trinajstić information content (AvgIpc) is 2.66. The van der Waals surface area contributed by atoms with Crippen molar-refractivity contribution in [2.24, 2.45) is 0 Å². The lowest BCUT2D eigenvalue weighted by Gasteiger charge is -2.35. The number of thioether (sulfide) groups is 1. The number of hydrogen-bond donors (Lipinski definition) is 1. The summed E-state index contributed by atoms with van der Waals surface area (Å²) in [7, 11) is 2.38. The Hall–Kier alpha value is -1.10. The highest BCUT2D eigenvalue weighted by Gasteiger charge is 2.27. The quantitative estimate of drug-likeness (QED) is 0.794. The molecule has 2 aliphatic rings. The predicted molar refractivity (Wildman–Crippen MR) is 110 cm³/mol. The number of anilines is 2. The second-order valence-corrected chi connectivity index (χ2v) is 9.10. The Balaban J connectivity index is 1.63. The maximum atomic E-state index is 2.57. The molecule has 132 valence electrons. The van der Waals surface area contributed by atoms with Gasteiger partial charge in [-0.15, -0.1) is 11.8 Å². The van der Waals surface area contributed by atoms with Gasteiger partial charge in [0.05, 0.1) is 31.0 Å². The molecule has 4 rings (SSSR count). The Morgan fingerprint density at radius 1 is 1.12 bits per heavy atom. The summed E-state index contributed by atoms with van der Waals surface area (Å²) in [5.74, 6) is 0. The van der Waals surface area contributed by atoms with Gasteiger partial charge in [-0.2, -0.15) is 0 Å². The van der Waals surface area contributed by atoms with E-state index in [0.29, 0.717) is 0 Å². The molecular weight excluding hydrogens is 344 g/mol. The second kappa shape index (κ2) is 7.65. The summed E-state index contributed by atoms with van der Waals surface area (Å²) >= 11 is 3.74. The molecule has 0 aromatic heterocycles. The van der Waals surface area contributed by atoms with E-state index in [1.165, 1.54) is 58.3 Å². The maximum absolute atomic E-state index is 2.57.